The Labute approximate surface area is 184 Å². The van der Waals surface area contributed by atoms with Crippen molar-refractivity contribution in [1.29, 1.82) is 0 Å². The minimum absolute atomic E-state index is 0.815. The molecule has 7 aromatic rings. The third-order valence-electron chi connectivity index (χ3n) is 6.26. The predicted molar refractivity (Wildman–Crippen MR) is 131 cm³/mol. The molecule has 3 nitrogen and oxygen atoms in total. The molecule has 0 aliphatic carbocycles. The molecule has 0 unspecified atom stereocenters. The summed E-state index contributed by atoms with van der Waals surface area (Å²) >= 11 is 0. The molecule has 0 saturated carbocycles. The van der Waals surface area contributed by atoms with Gasteiger partial charge in [0.15, 0.2) is 5.58 Å². The molecule has 4 aromatic carbocycles. The number of hydrogen-bond acceptors (Lipinski definition) is 2. The summed E-state index contributed by atoms with van der Waals surface area (Å²) in [4.78, 5) is 4.56. The van der Waals surface area contributed by atoms with Crippen molar-refractivity contribution in [2.45, 2.75) is 0 Å². The number of para-hydroxylation sites is 3. The molecule has 0 radical (unpaired) electrons. The normalized spacial score (nSPS) is 11.8. The van der Waals surface area contributed by atoms with Crippen molar-refractivity contribution in [3.8, 4) is 16.8 Å². The number of aromatic nitrogens is 2. The van der Waals surface area contributed by atoms with Crippen LogP contribution in [-0.4, -0.2) is 9.55 Å². The lowest BCUT2D eigenvalue weighted by Gasteiger charge is -2.14. The highest BCUT2D eigenvalue weighted by Gasteiger charge is 2.16. The molecule has 0 spiro atoms. The standard InChI is InChI=1S/C29H18N2O/c1-4-11-24(31-25-12-5-2-9-21(25)22-10-3-6-13-26(22)31)20(8-1)19-15-16-27-23(18-19)29-28(32-27)14-7-17-30-29/h1-18H. The maximum Gasteiger partial charge on any atom is 0.153 e. The Bertz CT molecular complexity index is 1730. The van der Waals surface area contributed by atoms with Crippen LogP contribution in [0.3, 0.4) is 0 Å². The Balaban J connectivity index is 1.55. The molecule has 3 heterocycles. The van der Waals surface area contributed by atoms with Gasteiger partial charge in [-0.1, -0.05) is 60.7 Å². The van der Waals surface area contributed by atoms with Crippen LogP contribution >= 0.6 is 0 Å². The molecular formula is C29H18N2O. The van der Waals surface area contributed by atoms with Gasteiger partial charge < -0.3 is 8.98 Å². The Morgan fingerprint density at radius 1 is 0.594 bits per heavy atom. The van der Waals surface area contributed by atoms with Gasteiger partial charge in [0.05, 0.1) is 16.7 Å². The van der Waals surface area contributed by atoms with Gasteiger partial charge in [0.1, 0.15) is 11.1 Å². The molecule has 0 N–H and O–H groups in total. The van der Waals surface area contributed by atoms with E-state index in [2.05, 4.69) is 101 Å². The van der Waals surface area contributed by atoms with E-state index in [9.17, 15) is 0 Å². The van der Waals surface area contributed by atoms with Gasteiger partial charge in [-0.3, -0.25) is 4.98 Å². The smallest absolute Gasteiger partial charge is 0.153 e. The fraction of sp³-hybridized carbons (Fsp3) is 0. The first-order valence-corrected chi connectivity index (χ1v) is 10.7. The van der Waals surface area contributed by atoms with Crippen molar-refractivity contribution < 1.29 is 4.42 Å². The lowest BCUT2D eigenvalue weighted by Crippen LogP contribution is -1.96. The van der Waals surface area contributed by atoms with Gasteiger partial charge >= 0.3 is 0 Å². The van der Waals surface area contributed by atoms with Crippen LogP contribution < -0.4 is 0 Å². The molecule has 0 atom stereocenters. The van der Waals surface area contributed by atoms with E-state index >= 15 is 0 Å². The summed E-state index contributed by atoms with van der Waals surface area (Å²) in [5.74, 6) is 0. The minimum Gasteiger partial charge on any atom is -0.454 e. The van der Waals surface area contributed by atoms with Crippen molar-refractivity contribution in [2.75, 3.05) is 0 Å². The number of pyridine rings is 1. The summed E-state index contributed by atoms with van der Waals surface area (Å²) in [6.07, 6.45) is 1.82. The largest absolute Gasteiger partial charge is 0.454 e. The minimum atomic E-state index is 0.815. The number of hydrogen-bond donors (Lipinski definition) is 0. The van der Waals surface area contributed by atoms with Crippen molar-refractivity contribution >= 4 is 43.9 Å². The Hall–Kier alpha value is -4.37. The molecule has 0 amide bonds. The summed E-state index contributed by atoms with van der Waals surface area (Å²) in [7, 11) is 0. The van der Waals surface area contributed by atoms with E-state index in [1.54, 1.807) is 0 Å². The van der Waals surface area contributed by atoms with Crippen LogP contribution in [0, 0.1) is 0 Å². The maximum absolute atomic E-state index is 5.99. The zero-order valence-corrected chi connectivity index (χ0v) is 17.2. The van der Waals surface area contributed by atoms with Crippen LogP contribution in [-0.2, 0) is 0 Å². The van der Waals surface area contributed by atoms with Crippen LogP contribution in [0.5, 0.6) is 0 Å². The first-order chi connectivity index (χ1) is 15.9. The molecule has 3 heteroatoms. The van der Waals surface area contributed by atoms with Crippen molar-refractivity contribution in [1.82, 2.24) is 9.55 Å². The summed E-state index contributed by atoms with van der Waals surface area (Å²) in [5, 5.41) is 3.56. The average Bonchev–Trinajstić information content (AvgIpc) is 3.39. The zero-order valence-electron chi connectivity index (χ0n) is 17.2. The summed E-state index contributed by atoms with van der Waals surface area (Å²) in [5.41, 5.74) is 8.46. The second kappa shape index (κ2) is 6.56. The lowest BCUT2D eigenvalue weighted by molar-refractivity contribution is 0.668. The Morgan fingerprint density at radius 2 is 1.31 bits per heavy atom. The van der Waals surface area contributed by atoms with E-state index < -0.39 is 0 Å². The van der Waals surface area contributed by atoms with Crippen LogP contribution in [0.4, 0.5) is 0 Å². The Morgan fingerprint density at radius 3 is 2.12 bits per heavy atom. The average molecular weight is 410 g/mol. The van der Waals surface area contributed by atoms with E-state index in [1.807, 2.05) is 18.3 Å². The predicted octanol–water partition coefficient (Wildman–Crippen LogP) is 7.75. The first kappa shape index (κ1) is 17.3. The molecule has 150 valence electrons. The molecule has 32 heavy (non-hydrogen) atoms. The van der Waals surface area contributed by atoms with E-state index in [0.717, 1.165) is 33.3 Å². The molecule has 0 bridgehead atoms. The van der Waals surface area contributed by atoms with E-state index in [4.69, 9.17) is 4.42 Å². The van der Waals surface area contributed by atoms with Gasteiger partial charge in [-0.15, -0.1) is 0 Å². The van der Waals surface area contributed by atoms with Gasteiger partial charge in [0.2, 0.25) is 0 Å². The second-order valence-corrected chi connectivity index (χ2v) is 8.05. The highest BCUT2D eigenvalue weighted by Crippen LogP contribution is 2.37. The summed E-state index contributed by atoms with van der Waals surface area (Å²) in [6.45, 7) is 0. The third-order valence-corrected chi connectivity index (χ3v) is 6.26. The first-order valence-electron chi connectivity index (χ1n) is 10.7. The lowest BCUT2D eigenvalue weighted by atomic mass is 10.0. The van der Waals surface area contributed by atoms with Crippen LogP contribution in [0.15, 0.2) is 114 Å². The fourth-order valence-electron chi connectivity index (χ4n) is 4.86. The maximum atomic E-state index is 5.99. The molecule has 7 rings (SSSR count). The number of rotatable bonds is 2. The van der Waals surface area contributed by atoms with Crippen LogP contribution in [0.25, 0.3) is 60.7 Å². The van der Waals surface area contributed by atoms with Crippen molar-refractivity contribution in [2.24, 2.45) is 0 Å². The molecule has 0 saturated heterocycles. The third kappa shape index (κ3) is 2.39. The number of nitrogens with zero attached hydrogens (tertiary/aromatic N) is 2. The number of benzene rings is 4. The fourth-order valence-corrected chi connectivity index (χ4v) is 4.86. The molecule has 0 fully saturated rings. The summed E-state index contributed by atoms with van der Waals surface area (Å²) in [6, 6.07) is 36.1. The van der Waals surface area contributed by atoms with Crippen molar-refractivity contribution in [3.05, 3.63) is 109 Å². The monoisotopic (exact) mass is 410 g/mol. The second-order valence-electron chi connectivity index (χ2n) is 8.05. The zero-order chi connectivity index (χ0) is 21.1. The molecule has 0 aliphatic rings. The Kier molecular flexibility index (Phi) is 3.55. The van der Waals surface area contributed by atoms with E-state index in [1.165, 1.54) is 27.4 Å². The van der Waals surface area contributed by atoms with E-state index in [0.29, 0.717) is 0 Å². The van der Waals surface area contributed by atoms with Crippen LogP contribution in [0.2, 0.25) is 0 Å². The quantitative estimate of drug-likeness (QED) is 0.292. The van der Waals surface area contributed by atoms with Gasteiger partial charge in [-0.2, -0.15) is 0 Å². The topological polar surface area (TPSA) is 31.0 Å². The molecule has 3 aromatic heterocycles. The molecular weight excluding hydrogens is 392 g/mol. The van der Waals surface area contributed by atoms with Gasteiger partial charge in [-0.25, -0.2) is 0 Å². The molecule has 0 aliphatic heterocycles. The van der Waals surface area contributed by atoms with Gasteiger partial charge in [-0.05, 0) is 48.0 Å². The number of furan rings is 1. The van der Waals surface area contributed by atoms with Crippen molar-refractivity contribution in [3.63, 3.8) is 0 Å². The van der Waals surface area contributed by atoms with Gasteiger partial charge in [0.25, 0.3) is 0 Å². The number of fused-ring (bicyclic) bond motifs is 6. The van der Waals surface area contributed by atoms with Gasteiger partial charge in [0, 0.05) is 27.9 Å². The highest BCUT2D eigenvalue weighted by atomic mass is 16.3. The SMILES string of the molecule is c1ccc(-n2c3ccccc3c3ccccc32)c(-c2ccc3oc4cccnc4c3c2)c1. The van der Waals surface area contributed by atoms with Crippen LogP contribution in [0.1, 0.15) is 0 Å². The highest BCUT2D eigenvalue weighted by molar-refractivity contribution is 6.10. The van der Waals surface area contributed by atoms with E-state index in [-0.39, 0.29) is 0 Å². The summed E-state index contributed by atoms with van der Waals surface area (Å²) < 4.78 is 8.36.